The van der Waals surface area contributed by atoms with E-state index in [9.17, 15) is 19.7 Å². The van der Waals surface area contributed by atoms with E-state index < -0.39 is 16.8 Å². The Balaban J connectivity index is 1.85. The van der Waals surface area contributed by atoms with E-state index in [0.717, 1.165) is 11.1 Å². The molecule has 0 saturated carbocycles. The van der Waals surface area contributed by atoms with Gasteiger partial charge in [-0.25, -0.2) is 4.79 Å². The molecular formula is C23H20N2O5S. The highest BCUT2D eigenvalue weighted by molar-refractivity contribution is 7.15. The number of thiophene rings is 1. The second-order valence-electron chi connectivity index (χ2n) is 6.61. The molecule has 0 spiro atoms. The zero-order valence-corrected chi connectivity index (χ0v) is 17.8. The monoisotopic (exact) mass is 436 g/mol. The smallest absolute Gasteiger partial charge is 0.341 e. The average Bonchev–Trinajstić information content (AvgIpc) is 3.16. The number of ether oxygens (including phenoxy) is 1. The number of non-ortho nitro benzene ring substituents is 1. The van der Waals surface area contributed by atoms with Gasteiger partial charge in [0.05, 0.1) is 11.5 Å². The Morgan fingerprint density at radius 3 is 2.61 bits per heavy atom. The number of carbonyl (C=O) groups is 2. The standard InChI is InChI=1S/C23H20N2O5S/c1-3-30-23(27)21-19(17-10-7-15(2)8-11-17)14-31-22(21)24-20(26)12-9-16-5-4-6-18(13-16)25(28)29/h4-14H,3H2,1-2H3,(H,24,26). The summed E-state index contributed by atoms with van der Waals surface area (Å²) in [5, 5.41) is 15.8. The summed E-state index contributed by atoms with van der Waals surface area (Å²) in [6, 6.07) is 13.7. The molecule has 31 heavy (non-hydrogen) atoms. The molecule has 0 saturated heterocycles. The molecule has 7 nitrogen and oxygen atoms in total. The van der Waals surface area contributed by atoms with Crippen LogP contribution in [0.25, 0.3) is 17.2 Å². The first-order chi connectivity index (χ1) is 14.9. The number of amides is 1. The molecule has 0 unspecified atom stereocenters. The van der Waals surface area contributed by atoms with Gasteiger partial charge in [0.15, 0.2) is 0 Å². The van der Waals surface area contributed by atoms with Crippen molar-refractivity contribution in [1.29, 1.82) is 0 Å². The van der Waals surface area contributed by atoms with Crippen LogP contribution < -0.4 is 5.32 Å². The molecule has 1 amide bonds. The molecule has 3 aromatic rings. The maximum Gasteiger partial charge on any atom is 0.341 e. The van der Waals surface area contributed by atoms with Gasteiger partial charge in [-0.2, -0.15) is 0 Å². The predicted octanol–water partition coefficient (Wildman–Crippen LogP) is 5.46. The van der Waals surface area contributed by atoms with Crippen LogP contribution in [0.3, 0.4) is 0 Å². The second-order valence-corrected chi connectivity index (χ2v) is 7.49. The predicted molar refractivity (Wildman–Crippen MR) is 121 cm³/mol. The first-order valence-electron chi connectivity index (χ1n) is 9.48. The van der Waals surface area contributed by atoms with Gasteiger partial charge < -0.3 is 10.1 Å². The number of aryl methyl sites for hydroxylation is 1. The van der Waals surface area contributed by atoms with Crippen LogP contribution in [-0.4, -0.2) is 23.4 Å². The minimum absolute atomic E-state index is 0.0619. The van der Waals surface area contributed by atoms with Gasteiger partial charge in [-0.05, 0) is 31.1 Å². The highest BCUT2D eigenvalue weighted by atomic mass is 32.1. The topological polar surface area (TPSA) is 98.5 Å². The number of rotatable bonds is 7. The fraction of sp³-hybridized carbons (Fsp3) is 0.130. The number of hydrogen-bond acceptors (Lipinski definition) is 6. The van der Waals surface area contributed by atoms with Crippen LogP contribution >= 0.6 is 11.3 Å². The molecule has 3 rings (SSSR count). The Morgan fingerprint density at radius 2 is 1.94 bits per heavy atom. The molecule has 8 heteroatoms. The van der Waals surface area contributed by atoms with Gasteiger partial charge in [-0.1, -0.05) is 42.0 Å². The molecule has 2 aromatic carbocycles. The highest BCUT2D eigenvalue weighted by Gasteiger charge is 2.22. The van der Waals surface area contributed by atoms with Crippen molar-refractivity contribution in [3.05, 3.63) is 86.8 Å². The van der Waals surface area contributed by atoms with E-state index >= 15 is 0 Å². The lowest BCUT2D eigenvalue weighted by Crippen LogP contribution is -2.12. The van der Waals surface area contributed by atoms with Gasteiger partial charge >= 0.3 is 5.97 Å². The molecule has 1 aromatic heterocycles. The van der Waals surface area contributed by atoms with E-state index in [1.165, 1.54) is 35.6 Å². The molecule has 158 valence electrons. The Hall–Kier alpha value is -3.78. The minimum Gasteiger partial charge on any atom is -0.462 e. The van der Waals surface area contributed by atoms with Gasteiger partial charge in [0.2, 0.25) is 5.91 Å². The lowest BCUT2D eigenvalue weighted by molar-refractivity contribution is -0.384. The average molecular weight is 436 g/mol. The van der Waals surface area contributed by atoms with Crippen LogP contribution in [0.5, 0.6) is 0 Å². The second kappa shape index (κ2) is 9.82. The minimum atomic E-state index is -0.516. The van der Waals surface area contributed by atoms with E-state index in [2.05, 4.69) is 5.32 Å². The van der Waals surface area contributed by atoms with Crippen LogP contribution in [0.1, 0.15) is 28.4 Å². The van der Waals surface area contributed by atoms with E-state index in [1.54, 1.807) is 24.4 Å². The third-order valence-corrected chi connectivity index (χ3v) is 5.27. The van der Waals surface area contributed by atoms with Crippen molar-refractivity contribution in [3.8, 4) is 11.1 Å². The van der Waals surface area contributed by atoms with Crippen molar-refractivity contribution in [1.82, 2.24) is 0 Å². The number of nitro benzene ring substituents is 1. The van der Waals surface area contributed by atoms with E-state index in [4.69, 9.17) is 4.74 Å². The first kappa shape index (κ1) is 21.9. The number of carbonyl (C=O) groups excluding carboxylic acids is 2. The van der Waals surface area contributed by atoms with E-state index in [0.29, 0.717) is 21.7 Å². The first-order valence-corrected chi connectivity index (χ1v) is 10.4. The summed E-state index contributed by atoms with van der Waals surface area (Å²) < 4.78 is 5.19. The fourth-order valence-corrected chi connectivity index (χ4v) is 3.83. The number of nitrogens with one attached hydrogen (secondary N) is 1. The van der Waals surface area contributed by atoms with Crippen molar-refractivity contribution in [3.63, 3.8) is 0 Å². The Kier molecular flexibility index (Phi) is 6.94. The van der Waals surface area contributed by atoms with E-state index in [-0.39, 0.29) is 12.3 Å². The summed E-state index contributed by atoms with van der Waals surface area (Å²) in [6.45, 7) is 3.90. The van der Waals surface area contributed by atoms with Gasteiger partial charge in [0.25, 0.3) is 5.69 Å². The Morgan fingerprint density at radius 1 is 1.19 bits per heavy atom. The quantitative estimate of drug-likeness (QED) is 0.229. The number of anilines is 1. The normalized spacial score (nSPS) is 10.8. The maximum absolute atomic E-state index is 12.6. The van der Waals surface area contributed by atoms with Crippen LogP contribution in [0.15, 0.2) is 60.0 Å². The van der Waals surface area contributed by atoms with Gasteiger partial charge in [-0.15, -0.1) is 11.3 Å². The summed E-state index contributed by atoms with van der Waals surface area (Å²) in [6.07, 6.45) is 2.74. The van der Waals surface area contributed by atoms with Gasteiger partial charge in [0, 0.05) is 29.2 Å². The Labute approximate surface area is 183 Å². The molecule has 1 heterocycles. The summed E-state index contributed by atoms with van der Waals surface area (Å²) >= 11 is 1.23. The van der Waals surface area contributed by atoms with E-state index in [1.807, 2.05) is 31.2 Å². The molecule has 0 fully saturated rings. The van der Waals surface area contributed by atoms with Crippen molar-refractivity contribution >= 4 is 40.0 Å². The summed E-state index contributed by atoms with van der Waals surface area (Å²) in [4.78, 5) is 35.4. The summed E-state index contributed by atoms with van der Waals surface area (Å²) in [5.41, 5.74) is 3.37. The third-order valence-electron chi connectivity index (χ3n) is 4.38. The van der Waals surface area contributed by atoms with Crippen LogP contribution in [0.2, 0.25) is 0 Å². The number of esters is 1. The highest BCUT2D eigenvalue weighted by Crippen LogP contribution is 2.36. The molecule has 0 atom stereocenters. The molecule has 0 aliphatic heterocycles. The number of benzene rings is 2. The van der Waals surface area contributed by atoms with Gasteiger partial charge in [-0.3, -0.25) is 14.9 Å². The van der Waals surface area contributed by atoms with Crippen molar-refractivity contribution in [2.24, 2.45) is 0 Å². The summed E-state index contributed by atoms with van der Waals surface area (Å²) in [5.74, 6) is -0.980. The molecule has 1 N–H and O–H groups in total. The lowest BCUT2D eigenvalue weighted by atomic mass is 10.0. The van der Waals surface area contributed by atoms with Crippen molar-refractivity contribution in [2.45, 2.75) is 13.8 Å². The largest absolute Gasteiger partial charge is 0.462 e. The molecule has 0 aliphatic carbocycles. The molecular weight excluding hydrogens is 416 g/mol. The zero-order valence-electron chi connectivity index (χ0n) is 17.0. The third kappa shape index (κ3) is 5.43. The maximum atomic E-state index is 12.6. The zero-order chi connectivity index (χ0) is 22.4. The van der Waals surface area contributed by atoms with Crippen LogP contribution in [-0.2, 0) is 9.53 Å². The van der Waals surface area contributed by atoms with Crippen LogP contribution in [0, 0.1) is 17.0 Å². The van der Waals surface area contributed by atoms with Crippen molar-refractivity contribution < 1.29 is 19.2 Å². The SMILES string of the molecule is CCOC(=O)c1c(-c2ccc(C)cc2)csc1NC(=O)C=Cc1cccc([N+](=O)[O-])c1. The fourth-order valence-electron chi connectivity index (χ4n) is 2.87. The van der Waals surface area contributed by atoms with Crippen LogP contribution in [0.4, 0.5) is 10.7 Å². The molecule has 0 bridgehead atoms. The van der Waals surface area contributed by atoms with Crippen molar-refractivity contribution in [2.75, 3.05) is 11.9 Å². The molecule has 0 radical (unpaired) electrons. The molecule has 0 aliphatic rings. The van der Waals surface area contributed by atoms with Gasteiger partial charge in [0.1, 0.15) is 10.6 Å². The lowest BCUT2D eigenvalue weighted by Gasteiger charge is -2.08. The number of hydrogen-bond donors (Lipinski definition) is 1. The Bertz CT molecular complexity index is 1150. The number of nitrogens with zero attached hydrogens (tertiary/aromatic N) is 1. The number of nitro groups is 1. The summed E-state index contributed by atoms with van der Waals surface area (Å²) in [7, 11) is 0.